The Morgan fingerprint density at radius 1 is 1.19 bits per heavy atom. The molecule has 0 radical (unpaired) electrons. The maximum atomic E-state index is 12.9. The van der Waals surface area contributed by atoms with Gasteiger partial charge in [0.1, 0.15) is 12.1 Å². The minimum Gasteiger partial charge on any atom is -0.444 e. The lowest BCUT2D eigenvalue weighted by Gasteiger charge is -2.30. The molecule has 36 heavy (non-hydrogen) atoms. The number of carbonyl (C=O) groups excluding carboxylic acids is 2. The Labute approximate surface area is 210 Å². The van der Waals surface area contributed by atoms with Crippen molar-refractivity contribution in [1.29, 1.82) is 0 Å². The fourth-order valence-corrected chi connectivity index (χ4v) is 4.81. The lowest BCUT2D eigenvalue weighted by molar-refractivity contribution is 0.0994. The van der Waals surface area contributed by atoms with Gasteiger partial charge >= 0.3 is 0 Å². The molecule has 2 aliphatic rings. The number of anilines is 2. The van der Waals surface area contributed by atoms with Gasteiger partial charge in [-0.2, -0.15) is 5.10 Å². The summed E-state index contributed by atoms with van der Waals surface area (Å²) < 4.78 is 7.34. The van der Waals surface area contributed by atoms with Crippen LogP contribution in [-0.4, -0.2) is 38.1 Å². The molecular weight excluding hydrogens is 458 g/mol. The van der Waals surface area contributed by atoms with Crippen LogP contribution in [0.2, 0.25) is 0 Å². The summed E-state index contributed by atoms with van der Waals surface area (Å²) >= 11 is 0. The van der Waals surface area contributed by atoms with E-state index in [2.05, 4.69) is 39.5 Å². The first kappa shape index (κ1) is 24.0. The number of aromatic nitrogens is 4. The second-order valence-electron chi connectivity index (χ2n) is 10.3. The van der Waals surface area contributed by atoms with Crippen LogP contribution < -0.4 is 16.4 Å². The second-order valence-corrected chi connectivity index (χ2v) is 10.3. The van der Waals surface area contributed by atoms with Crippen LogP contribution in [0.25, 0.3) is 11.5 Å². The highest BCUT2D eigenvalue weighted by Crippen LogP contribution is 2.36. The largest absolute Gasteiger partial charge is 0.444 e. The van der Waals surface area contributed by atoms with Gasteiger partial charge in [-0.3, -0.25) is 14.3 Å². The molecular formula is C26H33N7O3. The van der Waals surface area contributed by atoms with E-state index in [1.54, 1.807) is 23.1 Å². The number of amides is 2. The Balaban J connectivity index is 1.27. The molecule has 4 N–H and O–H groups in total. The third-order valence-corrected chi connectivity index (χ3v) is 7.28. The Kier molecular flexibility index (Phi) is 6.75. The Bertz CT molecular complexity index is 1240. The van der Waals surface area contributed by atoms with Crippen LogP contribution in [-0.2, 0) is 0 Å². The van der Waals surface area contributed by atoms with Gasteiger partial charge in [0.25, 0.3) is 11.8 Å². The molecule has 10 nitrogen and oxygen atoms in total. The third-order valence-electron chi connectivity index (χ3n) is 7.28. The fraction of sp³-hybridized carbons (Fsp3) is 0.500. The highest BCUT2D eigenvalue weighted by atomic mass is 16.3. The normalized spacial score (nSPS) is 19.9. The summed E-state index contributed by atoms with van der Waals surface area (Å²) in [5.74, 6) is 1.94. The van der Waals surface area contributed by atoms with Crippen LogP contribution in [0.4, 0.5) is 11.5 Å². The summed E-state index contributed by atoms with van der Waals surface area (Å²) in [6.07, 6.45) is 11.4. The van der Waals surface area contributed by atoms with Gasteiger partial charge in [0.05, 0.1) is 11.7 Å². The molecule has 190 valence electrons. The molecule has 0 aromatic carbocycles. The van der Waals surface area contributed by atoms with Crippen LogP contribution in [0.1, 0.15) is 79.4 Å². The van der Waals surface area contributed by atoms with Gasteiger partial charge in [0.2, 0.25) is 5.89 Å². The van der Waals surface area contributed by atoms with Crippen LogP contribution >= 0.6 is 0 Å². The molecule has 0 spiro atoms. The number of primary amides is 1. The molecule has 0 atom stereocenters. The standard InChI is InChI=1S/C26H33N7O3/c1-15(2)17-5-7-19(8-6-17)33-13-20(23(32-33)24(27)34)30-25(35)21-14-36-26(31-21)18-9-10-28-22(11-18)29-12-16-3-4-16/h9-11,13-17,19H,3-8,12H2,1-2H3,(H2,27,34)(H,28,29)(H,30,35)/t17-,19+. The van der Waals surface area contributed by atoms with E-state index in [0.717, 1.165) is 44.0 Å². The molecule has 3 aromatic heterocycles. The summed E-state index contributed by atoms with van der Waals surface area (Å²) in [7, 11) is 0. The third kappa shape index (κ3) is 5.42. The van der Waals surface area contributed by atoms with Crippen molar-refractivity contribution in [2.45, 2.75) is 58.4 Å². The molecule has 2 saturated carbocycles. The first-order valence-electron chi connectivity index (χ1n) is 12.7. The molecule has 0 bridgehead atoms. The number of pyridine rings is 1. The topological polar surface area (TPSA) is 141 Å². The Hall–Kier alpha value is -3.69. The van der Waals surface area contributed by atoms with E-state index >= 15 is 0 Å². The maximum Gasteiger partial charge on any atom is 0.277 e. The van der Waals surface area contributed by atoms with E-state index < -0.39 is 11.8 Å². The smallest absolute Gasteiger partial charge is 0.277 e. The lowest BCUT2D eigenvalue weighted by Crippen LogP contribution is -2.22. The number of nitrogens with zero attached hydrogens (tertiary/aromatic N) is 4. The highest BCUT2D eigenvalue weighted by molar-refractivity contribution is 6.07. The van der Waals surface area contributed by atoms with E-state index in [-0.39, 0.29) is 23.1 Å². The van der Waals surface area contributed by atoms with Crippen molar-refractivity contribution in [2.24, 2.45) is 23.5 Å². The SMILES string of the molecule is CC(C)[C@H]1CC[C@@H](n2cc(NC(=O)c3coc(-c4ccnc(NCC5CC5)c4)n3)c(C(N)=O)n2)CC1. The molecule has 10 heteroatoms. The van der Waals surface area contributed by atoms with Crippen LogP contribution in [0, 0.1) is 17.8 Å². The van der Waals surface area contributed by atoms with Gasteiger partial charge in [-0.05, 0) is 68.4 Å². The monoisotopic (exact) mass is 491 g/mol. The molecule has 2 amide bonds. The molecule has 3 heterocycles. The van der Waals surface area contributed by atoms with Crippen molar-refractivity contribution in [3.63, 3.8) is 0 Å². The average Bonchev–Trinajstić information content (AvgIpc) is 3.39. The van der Waals surface area contributed by atoms with Gasteiger partial charge in [-0.1, -0.05) is 13.8 Å². The summed E-state index contributed by atoms with van der Waals surface area (Å²) in [5, 5.41) is 10.5. The highest BCUT2D eigenvalue weighted by Gasteiger charge is 2.27. The molecule has 5 rings (SSSR count). The fourth-order valence-electron chi connectivity index (χ4n) is 4.81. The number of rotatable bonds is 9. The average molecular weight is 492 g/mol. The zero-order valence-electron chi connectivity index (χ0n) is 20.7. The van der Waals surface area contributed by atoms with E-state index in [1.165, 1.54) is 19.1 Å². The minimum atomic E-state index is -0.691. The maximum absolute atomic E-state index is 12.9. The molecule has 2 fully saturated rings. The summed E-state index contributed by atoms with van der Waals surface area (Å²) in [4.78, 5) is 33.7. The van der Waals surface area contributed by atoms with E-state index in [4.69, 9.17) is 10.2 Å². The molecule has 0 aliphatic heterocycles. The Morgan fingerprint density at radius 2 is 1.97 bits per heavy atom. The first-order valence-corrected chi connectivity index (χ1v) is 12.7. The second kappa shape index (κ2) is 10.1. The summed E-state index contributed by atoms with van der Waals surface area (Å²) in [6, 6.07) is 3.80. The quantitative estimate of drug-likeness (QED) is 0.400. The van der Waals surface area contributed by atoms with E-state index in [0.29, 0.717) is 23.3 Å². The minimum absolute atomic E-state index is 0.0403. The molecule has 3 aromatic rings. The number of nitrogens with one attached hydrogen (secondary N) is 2. The van der Waals surface area contributed by atoms with E-state index in [1.807, 2.05) is 6.07 Å². The van der Waals surface area contributed by atoms with E-state index in [9.17, 15) is 9.59 Å². The van der Waals surface area contributed by atoms with Crippen molar-refractivity contribution in [1.82, 2.24) is 19.7 Å². The number of hydrogen-bond acceptors (Lipinski definition) is 7. The van der Waals surface area contributed by atoms with Crippen LogP contribution in [0.3, 0.4) is 0 Å². The van der Waals surface area contributed by atoms with Crippen LogP contribution in [0.5, 0.6) is 0 Å². The molecule has 0 unspecified atom stereocenters. The number of carbonyl (C=O) groups is 2. The van der Waals surface area contributed by atoms with Crippen molar-refractivity contribution >= 4 is 23.3 Å². The van der Waals surface area contributed by atoms with Crippen molar-refractivity contribution in [3.05, 3.63) is 42.2 Å². The van der Waals surface area contributed by atoms with Gasteiger partial charge < -0.3 is 20.8 Å². The van der Waals surface area contributed by atoms with Gasteiger partial charge in [0.15, 0.2) is 11.4 Å². The van der Waals surface area contributed by atoms with Crippen molar-refractivity contribution < 1.29 is 14.0 Å². The van der Waals surface area contributed by atoms with Gasteiger partial charge in [-0.15, -0.1) is 0 Å². The zero-order valence-corrected chi connectivity index (χ0v) is 20.7. The van der Waals surface area contributed by atoms with Crippen molar-refractivity contribution in [2.75, 3.05) is 17.2 Å². The number of oxazole rings is 1. The molecule has 2 aliphatic carbocycles. The van der Waals surface area contributed by atoms with Crippen LogP contribution in [0.15, 0.2) is 35.2 Å². The predicted octanol–water partition coefficient (Wildman–Crippen LogP) is 4.49. The zero-order chi connectivity index (χ0) is 25.2. The number of hydrogen-bond donors (Lipinski definition) is 3. The molecule has 0 saturated heterocycles. The summed E-state index contributed by atoms with van der Waals surface area (Å²) in [5.41, 5.74) is 6.69. The van der Waals surface area contributed by atoms with Gasteiger partial charge in [-0.25, -0.2) is 9.97 Å². The lowest BCUT2D eigenvalue weighted by atomic mass is 9.80. The van der Waals surface area contributed by atoms with Gasteiger partial charge in [0, 0.05) is 24.5 Å². The van der Waals surface area contributed by atoms with Crippen molar-refractivity contribution in [3.8, 4) is 11.5 Å². The Morgan fingerprint density at radius 3 is 2.67 bits per heavy atom. The first-order chi connectivity index (χ1) is 17.4. The summed E-state index contributed by atoms with van der Waals surface area (Å²) in [6.45, 7) is 5.41. The predicted molar refractivity (Wildman–Crippen MR) is 135 cm³/mol. The number of nitrogens with two attached hydrogens (primary N) is 1.